The summed E-state index contributed by atoms with van der Waals surface area (Å²) >= 11 is 0. The van der Waals surface area contributed by atoms with Gasteiger partial charge in [0.15, 0.2) is 0 Å². The topological polar surface area (TPSA) is 27.7 Å². The summed E-state index contributed by atoms with van der Waals surface area (Å²) in [5.41, 5.74) is 0. The van der Waals surface area contributed by atoms with Crippen LogP contribution in [0.3, 0.4) is 0 Å². The quantitative estimate of drug-likeness (QED) is 0.523. The molecule has 78 valence electrons. The Morgan fingerprint density at radius 1 is 1.50 bits per heavy atom. The molecule has 1 fully saturated rings. The maximum atomic E-state index is 5.67. The summed E-state index contributed by atoms with van der Waals surface area (Å²) in [6, 6.07) is 0. The Balaban J connectivity index is 1.97. The monoisotopic (exact) mass is 215 g/mol. The van der Waals surface area contributed by atoms with Gasteiger partial charge < -0.3 is 0 Å². The van der Waals surface area contributed by atoms with Gasteiger partial charge in [0.25, 0.3) is 0 Å². The van der Waals surface area contributed by atoms with E-state index in [1.165, 1.54) is 0 Å². The molecule has 14 heavy (non-hydrogen) atoms. The lowest BCUT2D eigenvalue weighted by atomic mass is 10.1. The minimum Gasteiger partial charge on any atom is -0.175 e. The highest BCUT2D eigenvalue weighted by molar-refractivity contribution is 7.41. The van der Waals surface area contributed by atoms with Crippen molar-refractivity contribution in [1.29, 1.82) is 0 Å². The molecule has 2 aliphatic rings. The lowest BCUT2D eigenvalue weighted by Gasteiger charge is -2.22. The number of hydrogen-bond acceptors (Lipinski definition) is 3. The zero-order valence-electron chi connectivity index (χ0n) is 8.31. The SMILES string of the molecule is CC/C=C/C1C[C@@H]2C=CCO[PH+](O1)O2. The van der Waals surface area contributed by atoms with Crippen molar-refractivity contribution in [2.75, 3.05) is 6.61 Å². The van der Waals surface area contributed by atoms with Crippen LogP contribution >= 0.6 is 8.60 Å². The van der Waals surface area contributed by atoms with Crippen molar-refractivity contribution in [2.45, 2.75) is 32.0 Å². The van der Waals surface area contributed by atoms with E-state index in [1.807, 2.05) is 6.08 Å². The minimum atomic E-state index is -1.48. The van der Waals surface area contributed by atoms with Crippen LogP contribution in [0.5, 0.6) is 0 Å². The first-order chi connectivity index (χ1) is 6.88. The molecule has 0 aromatic rings. The zero-order chi connectivity index (χ0) is 9.80. The van der Waals surface area contributed by atoms with Crippen molar-refractivity contribution >= 4 is 8.60 Å². The summed E-state index contributed by atoms with van der Waals surface area (Å²) in [4.78, 5) is 0. The average Bonchev–Trinajstić information content (AvgIpc) is 2.36. The highest BCUT2D eigenvalue weighted by atomic mass is 31.2. The highest BCUT2D eigenvalue weighted by Crippen LogP contribution is 2.48. The van der Waals surface area contributed by atoms with Gasteiger partial charge in [-0.2, -0.15) is 13.6 Å². The molecular formula is C10H16O3P+. The lowest BCUT2D eigenvalue weighted by Crippen LogP contribution is -2.23. The smallest absolute Gasteiger partial charge is 0.175 e. The molecule has 3 atom stereocenters. The minimum absolute atomic E-state index is 0.172. The molecule has 0 aliphatic carbocycles. The third kappa shape index (κ3) is 2.64. The number of hydrogen-bond donors (Lipinski definition) is 0. The Bertz CT molecular complexity index is 240. The van der Waals surface area contributed by atoms with E-state index in [0.29, 0.717) is 6.61 Å². The standard InChI is InChI=1S/C10H16O3P/c1-2-3-5-9-8-10-6-4-7-11-14(12-9)13-10/h3-6,9-10,14H,2,7-8H2,1H3/q+1/b5-3+/t9?,10-/m0/s1. The number of rotatable bonds is 2. The first kappa shape index (κ1) is 10.3. The van der Waals surface area contributed by atoms with Crippen LogP contribution in [0, 0.1) is 0 Å². The van der Waals surface area contributed by atoms with Crippen molar-refractivity contribution < 1.29 is 13.6 Å². The molecule has 0 N–H and O–H groups in total. The Morgan fingerprint density at radius 3 is 3.29 bits per heavy atom. The molecule has 0 amide bonds. The maximum absolute atomic E-state index is 5.67. The van der Waals surface area contributed by atoms with Crippen LogP contribution in [0.1, 0.15) is 19.8 Å². The first-order valence-corrected chi connectivity index (χ1v) is 6.27. The molecule has 2 bridgehead atoms. The first-order valence-electron chi connectivity index (χ1n) is 5.05. The Labute approximate surface area is 85.7 Å². The van der Waals surface area contributed by atoms with E-state index < -0.39 is 8.60 Å². The van der Waals surface area contributed by atoms with Crippen molar-refractivity contribution in [2.24, 2.45) is 0 Å². The highest BCUT2D eigenvalue weighted by Gasteiger charge is 2.37. The van der Waals surface area contributed by atoms with Gasteiger partial charge >= 0.3 is 8.60 Å². The largest absolute Gasteiger partial charge is 0.399 e. The van der Waals surface area contributed by atoms with E-state index in [4.69, 9.17) is 13.6 Å². The number of fused-ring (bicyclic) bond motifs is 2. The third-order valence-corrected chi connectivity index (χ3v) is 3.59. The average molecular weight is 215 g/mol. The maximum Gasteiger partial charge on any atom is 0.399 e. The molecule has 0 spiro atoms. The van der Waals surface area contributed by atoms with Crippen LogP contribution in [0.4, 0.5) is 0 Å². The van der Waals surface area contributed by atoms with E-state index in [2.05, 4.69) is 25.2 Å². The molecule has 4 heteroatoms. The molecule has 3 nitrogen and oxygen atoms in total. The fourth-order valence-electron chi connectivity index (χ4n) is 1.52. The van der Waals surface area contributed by atoms with Gasteiger partial charge in [-0.15, -0.1) is 0 Å². The van der Waals surface area contributed by atoms with Crippen LogP contribution in [0.25, 0.3) is 0 Å². The van der Waals surface area contributed by atoms with Crippen LogP contribution in [-0.2, 0) is 13.6 Å². The van der Waals surface area contributed by atoms with Gasteiger partial charge in [0, 0.05) is 6.42 Å². The van der Waals surface area contributed by atoms with Crippen molar-refractivity contribution in [1.82, 2.24) is 0 Å². The molecule has 0 saturated carbocycles. The van der Waals surface area contributed by atoms with Crippen molar-refractivity contribution in [3.8, 4) is 0 Å². The second-order valence-electron chi connectivity index (χ2n) is 3.37. The molecule has 0 radical (unpaired) electrons. The number of allylic oxidation sites excluding steroid dienone is 1. The molecule has 1 saturated heterocycles. The second-order valence-corrected chi connectivity index (χ2v) is 4.63. The van der Waals surface area contributed by atoms with Crippen LogP contribution in [-0.4, -0.2) is 18.8 Å². The van der Waals surface area contributed by atoms with Crippen molar-refractivity contribution in [3.05, 3.63) is 24.3 Å². The van der Waals surface area contributed by atoms with Gasteiger partial charge in [-0.3, -0.25) is 0 Å². The summed E-state index contributed by atoms with van der Waals surface area (Å²) in [6.07, 6.45) is 10.6. The van der Waals surface area contributed by atoms with E-state index in [0.717, 1.165) is 12.8 Å². The van der Waals surface area contributed by atoms with E-state index in [9.17, 15) is 0 Å². The van der Waals surface area contributed by atoms with Gasteiger partial charge in [0.2, 0.25) is 0 Å². The van der Waals surface area contributed by atoms with Crippen LogP contribution < -0.4 is 0 Å². The summed E-state index contributed by atoms with van der Waals surface area (Å²) < 4.78 is 16.7. The van der Waals surface area contributed by atoms with Gasteiger partial charge in [-0.25, -0.2) is 0 Å². The summed E-state index contributed by atoms with van der Waals surface area (Å²) in [5, 5.41) is 0. The van der Waals surface area contributed by atoms with Gasteiger partial charge in [0.05, 0.1) is 0 Å². The van der Waals surface area contributed by atoms with E-state index in [-0.39, 0.29) is 12.2 Å². The molecule has 2 aliphatic heterocycles. The molecule has 2 unspecified atom stereocenters. The van der Waals surface area contributed by atoms with Gasteiger partial charge in [-0.05, 0) is 6.42 Å². The predicted molar refractivity (Wildman–Crippen MR) is 57.2 cm³/mol. The fourth-order valence-corrected chi connectivity index (χ4v) is 2.78. The van der Waals surface area contributed by atoms with Gasteiger partial charge in [-0.1, -0.05) is 31.2 Å². The summed E-state index contributed by atoms with van der Waals surface area (Å²) in [5.74, 6) is 0. The van der Waals surface area contributed by atoms with Crippen LogP contribution in [0.2, 0.25) is 0 Å². The third-order valence-electron chi connectivity index (χ3n) is 2.19. The Hall–Kier alpha value is -0.210. The zero-order valence-corrected chi connectivity index (χ0v) is 9.31. The molecule has 2 heterocycles. The normalized spacial score (nSPS) is 37.4. The Morgan fingerprint density at radius 2 is 2.43 bits per heavy atom. The summed E-state index contributed by atoms with van der Waals surface area (Å²) in [7, 11) is -1.48. The Kier molecular flexibility index (Phi) is 3.71. The lowest BCUT2D eigenvalue weighted by molar-refractivity contribution is 0.0644. The van der Waals surface area contributed by atoms with E-state index in [1.54, 1.807) is 0 Å². The molecule has 0 aromatic carbocycles. The molecule has 2 rings (SSSR count). The van der Waals surface area contributed by atoms with Gasteiger partial charge in [0.1, 0.15) is 18.8 Å². The second kappa shape index (κ2) is 5.04. The van der Waals surface area contributed by atoms with Crippen LogP contribution in [0.15, 0.2) is 24.3 Å². The molecular weight excluding hydrogens is 199 g/mol. The van der Waals surface area contributed by atoms with Crippen molar-refractivity contribution in [3.63, 3.8) is 0 Å². The predicted octanol–water partition coefficient (Wildman–Crippen LogP) is 2.67. The van der Waals surface area contributed by atoms with E-state index >= 15 is 0 Å². The molecule has 0 aromatic heterocycles. The summed E-state index contributed by atoms with van der Waals surface area (Å²) in [6.45, 7) is 2.74. The fraction of sp³-hybridized carbons (Fsp3) is 0.600.